The lowest BCUT2D eigenvalue weighted by Gasteiger charge is -2.29. The molecule has 0 aliphatic heterocycles. The second-order valence-corrected chi connectivity index (χ2v) is 10.5. The van der Waals surface area contributed by atoms with E-state index in [9.17, 15) is 26.4 Å². The zero-order chi connectivity index (χ0) is 25.2. The molecule has 1 aliphatic carbocycles. The van der Waals surface area contributed by atoms with Crippen LogP contribution in [0.5, 0.6) is 0 Å². The van der Waals surface area contributed by atoms with Crippen molar-refractivity contribution < 1.29 is 26.4 Å². The third kappa shape index (κ3) is 5.46. The number of sulfonamides is 1. The Kier molecular flexibility index (Phi) is 7.10. The summed E-state index contributed by atoms with van der Waals surface area (Å²) in [4.78, 5) is 12.9. The summed E-state index contributed by atoms with van der Waals surface area (Å²) in [5.41, 5.74) is 0.553. The summed E-state index contributed by atoms with van der Waals surface area (Å²) in [6.07, 6.45) is -2.40. The molecule has 4 rings (SSSR count). The molecule has 3 aromatic rings. The van der Waals surface area contributed by atoms with Crippen LogP contribution in [0, 0.1) is 0 Å². The third-order valence-corrected chi connectivity index (χ3v) is 7.98. The Labute approximate surface area is 206 Å². The SMILES string of the molecule is O=C(CN(c1ccc(Cl)c(C(F)(F)F)c1)S(=O)(=O)c1ccccc1)N[C@H]1CCCc2ccccc21. The molecular formula is C25H22ClF3N2O3S. The summed E-state index contributed by atoms with van der Waals surface area (Å²) < 4.78 is 68.0. The van der Waals surface area contributed by atoms with Gasteiger partial charge in [0.2, 0.25) is 5.91 Å². The number of hydrogen-bond acceptors (Lipinski definition) is 3. The fourth-order valence-electron chi connectivity index (χ4n) is 4.19. The molecule has 0 radical (unpaired) electrons. The third-order valence-electron chi connectivity index (χ3n) is 5.87. The Bertz CT molecular complexity index is 1330. The van der Waals surface area contributed by atoms with Crippen molar-refractivity contribution in [3.63, 3.8) is 0 Å². The topological polar surface area (TPSA) is 66.5 Å². The minimum atomic E-state index is -4.80. The van der Waals surface area contributed by atoms with Crippen molar-refractivity contribution in [3.05, 3.63) is 94.5 Å². The van der Waals surface area contributed by atoms with Gasteiger partial charge in [-0.3, -0.25) is 9.10 Å². The smallest absolute Gasteiger partial charge is 0.348 e. The maximum absolute atomic E-state index is 13.5. The molecule has 0 aromatic heterocycles. The lowest BCUT2D eigenvalue weighted by atomic mass is 9.88. The van der Waals surface area contributed by atoms with E-state index in [2.05, 4.69) is 5.32 Å². The average molecular weight is 523 g/mol. The molecule has 5 nitrogen and oxygen atoms in total. The van der Waals surface area contributed by atoms with Gasteiger partial charge >= 0.3 is 6.18 Å². The Morgan fingerprint density at radius 2 is 1.71 bits per heavy atom. The van der Waals surface area contributed by atoms with Crippen LogP contribution in [-0.4, -0.2) is 20.9 Å². The van der Waals surface area contributed by atoms with Crippen LogP contribution in [-0.2, 0) is 27.4 Å². The van der Waals surface area contributed by atoms with Crippen molar-refractivity contribution in [1.29, 1.82) is 0 Å². The van der Waals surface area contributed by atoms with E-state index < -0.39 is 39.2 Å². The first-order valence-corrected chi connectivity index (χ1v) is 12.7. The number of amides is 1. The van der Waals surface area contributed by atoms with Crippen LogP contribution in [0.4, 0.5) is 18.9 Å². The van der Waals surface area contributed by atoms with E-state index in [1.807, 2.05) is 24.3 Å². The number of hydrogen-bond donors (Lipinski definition) is 1. The van der Waals surface area contributed by atoms with Crippen molar-refractivity contribution in [2.75, 3.05) is 10.8 Å². The van der Waals surface area contributed by atoms with Crippen LogP contribution in [0.25, 0.3) is 0 Å². The van der Waals surface area contributed by atoms with Crippen LogP contribution < -0.4 is 9.62 Å². The highest BCUT2D eigenvalue weighted by atomic mass is 35.5. The molecule has 3 aromatic carbocycles. The first kappa shape index (κ1) is 25.1. The largest absolute Gasteiger partial charge is 0.417 e. The molecule has 0 fully saturated rings. The molecule has 1 atom stereocenters. The van der Waals surface area contributed by atoms with E-state index in [0.29, 0.717) is 16.8 Å². The maximum Gasteiger partial charge on any atom is 0.417 e. The number of halogens is 4. The summed E-state index contributed by atoms with van der Waals surface area (Å²) in [6.45, 7) is -0.700. The Hall–Kier alpha value is -3.04. The van der Waals surface area contributed by atoms with Crippen LogP contribution in [0.2, 0.25) is 5.02 Å². The predicted molar refractivity (Wildman–Crippen MR) is 128 cm³/mol. The number of anilines is 1. The van der Waals surface area contributed by atoms with Crippen LogP contribution in [0.3, 0.4) is 0 Å². The monoisotopic (exact) mass is 522 g/mol. The molecule has 0 spiro atoms. The molecule has 0 saturated heterocycles. The minimum Gasteiger partial charge on any atom is -0.348 e. The van der Waals surface area contributed by atoms with Gasteiger partial charge in [-0.1, -0.05) is 54.1 Å². The van der Waals surface area contributed by atoms with Crippen LogP contribution in [0.1, 0.15) is 35.6 Å². The summed E-state index contributed by atoms with van der Waals surface area (Å²) in [5.74, 6) is -0.630. The Morgan fingerprint density at radius 1 is 1.03 bits per heavy atom. The number of fused-ring (bicyclic) bond motifs is 1. The first-order chi connectivity index (χ1) is 16.6. The van der Waals surface area contributed by atoms with Crippen molar-refractivity contribution in [3.8, 4) is 0 Å². The molecule has 35 heavy (non-hydrogen) atoms. The fourth-order valence-corrected chi connectivity index (χ4v) is 5.85. The normalized spacial score (nSPS) is 15.8. The van der Waals surface area contributed by atoms with Crippen molar-refractivity contribution in [2.24, 2.45) is 0 Å². The van der Waals surface area contributed by atoms with Crippen LogP contribution in [0.15, 0.2) is 77.7 Å². The number of nitrogens with zero attached hydrogens (tertiary/aromatic N) is 1. The van der Waals surface area contributed by atoms with Gasteiger partial charge in [-0.05, 0) is 60.7 Å². The Balaban J connectivity index is 1.69. The van der Waals surface area contributed by atoms with Gasteiger partial charge in [-0.25, -0.2) is 8.42 Å². The Morgan fingerprint density at radius 3 is 2.43 bits per heavy atom. The maximum atomic E-state index is 13.5. The number of nitrogens with one attached hydrogen (secondary N) is 1. The van der Waals surface area contributed by atoms with E-state index in [0.717, 1.165) is 36.1 Å². The molecular weight excluding hydrogens is 501 g/mol. The second kappa shape index (κ2) is 9.91. The number of carbonyl (C=O) groups excluding carboxylic acids is 1. The highest BCUT2D eigenvalue weighted by Crippen LogP contribution is 2.38. The molecule has 0 bridgehead atoms. The van der Waals surface area contributed by atoms with E-state index in [4.69, 9.17) is 11.6 Å². The van der Waals surface area contributed by atoms with Crippen molar-refractivity contribution >= 4 is 33.2 Å². The predicted octanol–water partition coefficient (Wildman–Crippen LogP) is 5.75. The van der Waals surface area contributed by atoms with E-state index in [-0.39, 0.29) is 16.6 Å². The van der Waals surface area contributed by atoms with Crippen LogP contribution >= 0.6 is 11.6 Å². The summed E-state index contributed by atoms with van der Waals surface area (Å²) in [7, 11) is -4.36. The number of benzene rings is 3. The molecule has 0 heterocycles. The lowest BCUT2D eigenvalue weighted by Crippen LogP contribution is -2.42. The van der Waals surface area contributed by atoms with E-state index >= 15 is 0 Å². The van der Waals surface area contributed by atoms with Gasteiger partial charge in [0.1, 0.15) is 6.54 Å². The van der Waals surface area contributed by atoms with Crippen molar-refractivity contribution in [2.45, 2.75) is 36.4 Å². The van der Waals surface area contributed by atoms with Gasteiger partial charge in [-0.15, -0.1) is 0 Å². The minimum absolute atomic E-state index is 0.153. The molecule has 184 valence electrons. The standard InChI is InChI=1S/C25H22ClF3N2O3S/c26-22-14-13-18(15-21(22)25(27,28)29)31(35(33,34)19-9-2-1-3-10-19)16-24(32)30-23-12-6-8-17-7-4-5-11-20(17)23/h1-5,7,9-11,13-15,23H,6,8,12,16H2,(H,30,32)/t23-/m0/s1. The van der Waals surface area contributed by atoms with Gasteiger partial charge in [0, 0.05) is 0 Å². The molecule has 1 aliphatic rings. The van der Waals surface area contributed by atoms with E-state index in [1.54, 1.807) is 6.07 Å². The summed E-state index contributed by atoms with van der Waals surface area (Å²) in [6, 6.07) is 17.4. The average Bonchev–Trinajstić information content (AvgIpc) is 2.83. The highest BCUT2D eigenvalue weighted by molar-refractivity contribution is 7.92. The molecule has 0 unspecified atom stereocenters. The van der Waals surface area contributed by atoms with Crippen molar-refractivity contribution in [1.82, 2.24) is 5.32 Å². The van der Waals surface area contributed by atoms with Gasteiger partial charge in [0.05, 0.1) is 27.2 Å². The summed E-state index contributed by atoms with van der Waals surface area (Å²) >= 11 is 5.73. The number of aryl methyl sites for hydroxylation is 1. The number of carbonyl (C=O) groups is 1. The zero-order valence-corrected chi connectivity index (χ0v) is 20.0. The molecule has 0 saturated carbocycles. The molecule has 10 heteroatoms. The molecule has 1 amide bonds. The van der Waals surface area contributed by atoms with E-state index in [1.165, 1.54) is 24.3 Å². The van der Waals surface area contributed by atoms with Gasteiger partial charge < -0.3 is 5.32 Å². The first-order valence-electron chi connectivity index (χ1n) is 10.9. The molecule has 1 N–H and O–H groups in total. The highest BCUT2D eigenvalue weighted by Gasteiger charge is 2.36. The van der Waals surface area contributed by atoms with Gasteiger partial charge in [-0.2, -0.15) is 13.2 Å². The summed E-state index contributed by atoms with van der Waals surface area (Å²) in [5, 5.41) is 2.29. The number of alkyl halides is 3. The number of rotatable bonds is 6. The van der Waals surface area contributed by atoms with Gasteiger partial charge in [0.25, 0.3) is 10.0 Å². The zero-order valence-electron chi connectivity index (χ0n) is 18.4. The second-order valence-electron chi connectivity index (χ2n) is 8.20. The quantitative estimate of drug-likeness (QED) is 0.448. The van der Waals surface area contributed by atoms with Gasteiger partial charge in [0.15, 0.2) is 0 Å². The lowest BCUT2D eigenvalue weighted by molar-refractivity contribution is -0.137. The fraction of sp³-hybridized carbons (Fsp3) is 0.240.